The Morgan fingerprint density at radius 3 is 3.00 bits per heavy atom. The van der Waals surface area contributed by atoms with Crippen molar-refractivity contribution in [3.8, 4) is 5.88 Å². The first-order valence-corrected chi connectivity index (χ1v) is 5.52. The summed E-state index contributed by atoms with van der Waals surface area (Å²) in [7, 11) is 0. The van der Waals surface area contributed by atoms with Gasteiger partial charge < -0.3 is 14.6 Å². The largest absolute Gasteiger partial charge is 0.477 e. The zero-order chi connectivity index (χ0) is 12.1. The first-order valence-electron chi connectivity index (χ1n) is 5.52. The fourth-order valence-corrected chi connectivity index (χ4v) is 1.64. The molecule has 92 valence electrons. The third-order valence-corrected chi connectivity index (χ3v) is 2.63. The van der Waals surface area contributed by atoms with E-state index in [9.17, 15) is 4.79 Å². The third kappa shape index (κ3) is 3.39. The van der Waals surface area contributed by atoms with Gasteiger partial charge in [-0.3, -0.25) is 0 Å². The molecule has 0 aromatic carbocycles. The maximum absolute atomic E-state index is 10.7. The van der Waals surface area contributed by atoms with Gasteiger partial charge in [-0.1, -0.05) is 0 Å². The van der Waals surface area contributed by atoms with E-state index in [0.717, 1.165) is 26.1 Å². The van der Waals surface area contributed by atoms with Gasteiger partial charge in [0, 0.05) is 25.5 Å². The molecule has 0 spiro atoms. The summed E-state index contributed by atoms with van der Waals surface area (Å²) >= 11 is 0. The van der Waals surface area contributed by atoms with E-state index < -0.39 is 5.97 Å². The van der Waals surface area contributed by atoms with Gasteiger partial charge in [0.2, 0.25) is 11.7 Å². The van der Waals surface area contributed by atoms with Crippen LogP contribution >= 0.6 is 0 Å². The molecule has 1 aliphatic rings. The lowest BCUT2D eigenvalue weighted by Gasteiger charge is -2.21. The quantitative estimate of drug-likeness (QED) is 0.842. The summed E-state index contributed by atoms with van der Waals surface area (Å²) in [5.74, 6) is -0.633. The van der Waals surface area contributed by atoms with Crippen LogP contribution in [0.5, 0.6) is 5.88 Å². The molecular formula is C11H14N2O4. The van der Waals surface area contributed by atoms with Crippen molar-refractivity contribution in [1.82, 2.24) is 9.97 Å². The molecule has 0 saturated carbocycles. The number of hydrogen-bond donors (Lipinski definition) is 1. The Balaban J connectivity index is 1.89. The highest BCUT2D eigenvalue weighted by molar-refractivity contribution is 5.83. The van der Waals surface area contributed by atoms with Crippen LogP contribution in [-0.4, -0.2) is 40.9 Å². The molecule has 1 fully saturated rings. The predicted molar refractivity (Wildman–Crippen MR) is 58.0 cm³/mol. The molecule has 1 aromatic rings. The van der Waals surface area contributed by atoms with Crippen LogP contribution in [0.25, 0.3) is 0 Å². The van der Waals surface area contributed by atoms with Crippen LogP contribution in [0.1, 0.15) is 23.5 Å². The molecule has 2 rings (SSSR count). The van der Waals surface area contributed by atoms with Gasteiger partial charge >= 0.3 is 5.97 Å². The number of aromatic carboxylic acids is 1. The molecule has 0 radical (unpaired) electrons. The molecule has 6 nitrogen and oxygen atoms in total. The van der Waals surface area contributed by atoms with Crippen molar-refractivity contribution in [2.24, 2.45) is 5.92 Å². The average Bonchev–Trinajstić information content (AvgIpc) is 2.38. The molecule has 0 unspecified atom stereocenters. The zero-order valence-electron chi connectivity index (χ0n) is 9.33. The molecule has 0 aliphatic carbocycles. The van der Waals surface area contributed by atoms with Gasteiger partial charge in [0.15, 0.2) is 0 Å². The van der Waals surface area contributed by atoms with Gasteiger partial charge in [0.25, 0.3) is 0 Å². The van der Waals surface area contributed by atoms with Crippen molar-refractivity contribution in [2.75, 3.05) is 19.8 Å². The number of carbonyl (C=O) groups is 1. The number of ether oxygens (including phenoxy) is 2. The van der Waals surface area contributed by atoms with E-state index in [1.54, 1.807) is 6.07 Å². The van der Waals surface area contributed by atoms with Crippen molar-refractivity contribution in [2.45, 2.75) is 12.8 Å². The zero-order valence-corrected chi connectivity index (χ0v) is 9.33. The predicted octanol–water partition coefficient (Wildman–Crippen LogP) is 0.980. The summed E-state index contributed by atoms with van der Waals surface area (Å²) in [6.07, 6.45) is 3.32. The Morgan fingerprint density at radius 1 is 1.53 bits per heavy atom. The summed E-state index contributed by atoms with van der Waals surface area (Å²) in [6.45, 7) is 2.07. The van der Waals surface area contributed by atoms with Crippen LogP contribution < -0.4 is 4.74 Å². The van der Waals surface area contributed by atoms with E-state index in [1.165, 1.54) is 6.20 Å². The maximum atomic E-state index is 10.7. The van der Waals surface area contributed by atoms with Crippen molar-refractivity contribution in [3.05, 3.63) is 18.1 Å². The number of aromatic nitrogens is 2. The Kier molecular flexibility index (Phi) is 3.87. The van der Waals surface area contributed by atoms with E-state index in [-0.39, 0.29) is 5.82 Å². The number of nitrogens with zero attached hydrogens (tertiary/aromatic N) is 2. The second-order valence-electron chi connectivity index (χ2n) is 3.89. The standard InChI is InChI=1S/C11H14N2O4/c14-11(15)10-12-4-1-9(13-10)17-7-8-2-5-16-6-3-8/h1,4,8H,2-3,5-7H2,(H,14,15). The normalized spacial score (nSPS) is 16.7. The van der Waals surface area contributed by atoms with Crippen LogP contribution in [-0.2, 0) is 4.74 Å². The topological polar surface area (TPSA) is 81.5 Å². The summed E-state index contributed by atoms with van der Waals surface area (Å²) < 4.78 is 10.7. The van der Waals surface area contributed by atoms with Crippen molar-refractivity contribution < 1.29 is 19.4 Å². The monoisotopic (exact) mass is 238 g/mol. The first-order chi connectivity index (χ1) is 8.25. The number of rotatable bonds is 4. The highest BCUT2D eigenvalue weighted by Crippen LogP contribution is 2.16. The lowest BCUT2D eigenvalue weighted by atomic mass is 10.0. The van der Waals surface area contributed by atoms with Gasteiger partial charge in [-0.2, -0.15) is 4.98 Å². The fraction of sp³-hybridized carbons (Fsp3) is 0.545. The number of carboxylic acids is 1. The summed E-state index contributed by atoms with van der Waals surface area (Å²) in [5.41, 5.74) is 0. The third-order valence-electron chi connectivity index (χ3n) is 2.63. The molecule has 0 amide bonds. The minimum Gasteiger partial charge on any atom is -0.477 e. The summed E-state index contributed by atoms with van der Waals surface area (Å²) in [5, 5.41) is 8.73. The SMILES string of the molecule is O=C(O)c1nccc(OCC2CCOCC2)n1. The van der Waals surface area contributed by atoms with Crippen molar-refractivity contribution in [1.29, 1.82) is 0 Å². The lowest BCUT2D eigenvalue weighted by Crippen LogP contribution is -2.21. The molecule has 1 saturated heterocycles. The summed E-state index contributed by atoms with van der Waals surface area (Å²) in [4.78, 5) is 18.1. The highest BCUT2D eigenvalue weighted by Gasteiger charge is 2.15. The van der Waals surface area contributed by atoms with Crippen molar-refractivity contribution >= 4 is 5.97 Å². The maximum Gasteiger partial charge on any atom is 0.374 e. The van der Waals surface area contributed by atoms with Crippen LogP contribution in [0, 0.1) is 5.92 Å². The minimum atomic E-state index is -1.15. The first kappa shape index (κ1) is 11.8. The van der Waals surface area contributed by atoms with Crippen LogP contribution in [0.15, 0.2) is 12.3 Å². The molecule has 2 heterocycles. The molecule has 1 N–H and O–H groups in total. The van der Waals surface area contributed by atoms with Gasteiger partial charge in [0.05, 0.1) is 6.61 Å². The second-order valence-corrected chi connectivity index (χ2v) is 3.89. The Hall–Kier alpha value is -1.69. The number of hydrogen-bond acceptors (Lipinski definition) is 5. The Morgan fingerprint density at radius 2 is 2.29 bits per heavy atom. The van der Waals surface area contributed by atoms with Gasteiger partial charge in [-0.15, -0.1) is 0 Å². The van der Waals surface area contributed by atoms with Crippen LogP contribution in [0.3, 0.4) is 0 Å². The van der Waals surface area contributed by atoms with E-state index in [0.29, 0.717) is 18.4 Å². The van der Waals surface area contributed by atoms with Gasteiger partial charge in [-0.25, -0.2) is 9.78 Å². The molecule has 6 heteroatoms. The second kappa shape index (κ2) is 5.58. The van der Waals surface area contributed by atoms with E-state index in [1.807, 2.05) is 0 Å². The summed E-state index contributed by atoms with van der Waals surface area (Å²) in [6, 6.07) is 1.56. The fourth-order valence-electron chi connectivity index (χ4n) is 1.64. The molecule has 17 heavy (non-hydrogen) atoms. The Labute approximate surface area is 98.6 Å². The highest BCUT2D eigenvalue weighted by atomic mass is 16.5. The van der Waals surface area contributed by atoms with Crippen LogP contribution in [0.2, 0.25) is 0 Å². The minimum absolute atomic E-state index is 0.241. The molecule has 1 aliphatic heterocycles. The number of carboxylic acid groups (broad SMARTS) is 1. The molecule has 1 aromatic heterocycles. The Bertz CT molecular complexity index is 391. The smallest absolute Gasteiger partial charge is 0.374 e. The van der Waals surface area contributed by atoms with Gasteiger partial charge in [0.1, 0.15) is 0 Å². The lowest BCUT2D eigenvalue weighted by molar-refractivity contribution is 0.0489. The van der Waals surface area contributed by atoms with Crippen LogP contribution in [0.4, 0.5) is 0 Å². The van der Waals surface area contributed by atoms with E-state index >= 15 is 0 Å². The molecule has 0 atom stereocenters. The molecular weight excluding hydrogens is 224 g/mol. The van der Waals surface area contributed by atoms with E-state index in [4.69, 9.17) is 14.6 Å². The average molecular weight is 238 g/mol. The van der Waals surface area contributed by atoms with E-state index in [2.05, 4.69) is 9.97 Å². The molecule has 0 bridgehead atoms. The van der Waals surface area contributed by atoms with Crippen molar-refractivity contribution in [3.63, 3.8) is 0 Å². The van der Waals surface area contributed by atoms with Gasteiger partial charge in [-0.05, 0) is 18.8 Å².